The van der Waals surface area contributed by atoms with Gasteiger partial charge in [-0.25, -0.2) is 4.79 Å². The van der Waals surface area contributed by atoms with Gasteiger partial charge in [0.2, 0.25) is 6.23 Å². The molecule has 2 heterocycles. The molecule has 3 N–H and O–H groups in total. The Balaban J connectivity index is 2.15. The standard InChI is InChI=1S/C10H16F2N2O4/c1-5-2-3-14(9(17)13-5)8-10(11,12)7(16)6(4-15)18-8/h5-8,15-16H,2-4H2,1H3,(H,13,17)/t5?,6-,7-,8-/m1/s1. The SMILES string of the molecule is CC1CCN([C@@H]2O[C@H](CO)[C@@H](O)C2(F)F)C(=O)N1. The van der Waals surface area contributed by atoms with Crippen LogP contribution in [0.2, 0.25) is 0 Å². The molecule has 2 aliphatic heterocycles. The summed E-state index contributed by atoms with van der Waals surface area (Å²) in [6.45, 7) is 1.17. The van der Waals surface area contributed by atoms with Gasteiger partial charge in [0, 0.05) is 12.6 Å². The van der Waals surface area contributed by atoms with Crippen LogP contribution >= 0.6 is 0 Å². The second-order valence-corrected chi connectivity index (χ2v) is 4.66. The van der Waals surface area contributed by atoms with Crippen LogP contribution in [-0.2, 0) is 4.74 Å². The molecule has 0 spiro atoms. The molecule has 0 aliphatic carbocycles. The lowest BCUT2D eigenvalue weighted by Crippen LogP contribution is -2.59. The number of nitrogens with one attached hydrogen (secondary N) is 1. The topological polar surface area (TPSA) is 82.0 Å². The van der Waals surface area contributed by atoms with Crippen LogP contribution in [0, 0.1) is 0 Å². The number of urea groups is 1. The highest BCUT2D eigenvalue weighted by Gasteiger charge is 2.61. The number of alkyl halides is 2. The van der Waals surface area contributed by atoms with Gasteiger partial charge in [-0.05, 0) is 13.3 Å². The van der Waals surface area contributed by atoms with Crippen molar-refractivity contribution in [3.63, 3.8) is 0 Å². The van der Waals surface area contributed by atoms with Crippen molar-refractivity contribution in [3.05, 3.63) is 0 Å². The van der Waals surface area contributed by atoms with Crippen LogP contribution in [0.15, 0.2) is 0 Å². The molecule has 0 aromatic carbocycles. The largest absolute Gasteiger partial charge is 0.394 e. The number of aliphatic hydroxyl groups excluding tert-OH is 2. The molecule has 1 unspecified atom stereocenters. The van der Waals surface area contributed by atoms with Gasteiger partial charge < -0.3 is 20.3 Å². The van der Waals surface area contributed by atoms with E-state index in [0.717, 1.165) is 4.90 Å². The van der Waals surface area contributed by atoms with E-state index in [0.29, 0.717) is 6.42 Å². The molecule has 0 bridgehead atoms. The number of rotatable bonds is 2. The first-order valence-electron chi connectivity index (χ1n) is 5.77. The molecule has 0 aromatic heterocycles. The Labute approximate surface area is 103 Å². The van der Waals surface area contributed by atoms with Crippen LogP contribution in [0.5, 0.6) is 0 Å². The molecule has 2 aliphatic rings. The molecule has 2 fully saturated rings. The van der Waals surface area contributed by atoms with Crippen molar-refractivity contribution in [1.29, 1.82) is 0 Å². The average molecular weight is 266 g/mol. The van der Waals surface area contributed by atoms with Crippen LogP contribution in [-0.4, -0.2) is 64.7 Å². The molecule has 2 amide bonds. The first kappa shape index (κ1) is 13.4. The second-order valence-electron chi connectivity index (χ2n) is 4.66. The van der Waals surface area contributed by atoms with Crippen molar-refractivity contribution in [2.45, 2.75) is 43.7 Å². The summed E-state index contributed by atoms with van der Waals surface area (Å²) >= 11 is 0. The smallest absolute Gasteiger partial charge is 0.319 e. The molecular weight excluding hydrogens is 250 g/mol. The molecule has 0 aromatic rings. The maximum absolute atomic E-state index is 13.8. The van der Waals surface area contributed by atoms with E-state index in [9.17, 15) is 18.7 Å². The summed E-state index contributed by atoms with van der Waals surface area (Å²) in [4.78, 5) is 12.5. The lowest BCUT2D eigenvalue weighted by atomic mass is 10.1. The molecule has 0 saturated carbocycles. The zero-order chi connectivity index (χ0) is 13.5. The monoisotopic (exact) mass is 266 g/mol. The normalized spacial score (nSPS) is 39.8. The lowest BCUT2D eigenvalue weighted by molar-refractivity contribution is -0.156. The van der Waals surface area contributed by atoms with Gasteiger partial charge in [0.15, 0.2) is 6.10 Å². The van der Waals surface area contributed by atoms with Crippen molar-refractivity contribution in [1.82, 2.24) is 10.2 Å². The van der Waals surface area contributed by atoms with Crippen molar-refractivity contribution in [3.8, 4) is 0 Å². The van der Waals surface area contributed by atoms with Crippen molar-refractivity contribution in [2.75, 3.05) is 13.2 Å². The fourth-order valence-electron chi connectivity index (χ4n) is 2.17. The van der Waals surface area contributed by atoms with E-state index in [4.69, 9.17) is 9.84 Å². The van der Waals surface area contributed by atoms with Crippen molar-refractivity contribution >= 4 is 6.03 Å². The van der Waals surface area contributed by atoms with Gasteiger partial charge in [0.25, 0.3) is 0 Å². The minimum absolute atomic E-state index is 0.0812. The number of carbonyl (C=O) groups is 1. The molecule has 0 radical (unpaired) electrons. The number of hydrogen-bond donors (Lipinski definition) is 3. The number of amides is 2. The molecule has 2 rings (SSSR count). The van der Waals surface area contributed by atoms with E-state index >= 15 is 0 Å². The number of hydrogen-bond acceptors (Lipinski definition) is 4. The Morgan fingerprint density at radius 3 is 2.78 bits per heavy atom. The average Bonchev–Trinajstić information content (AvgIpc) is 2.52. The minimum atomic E-state index is -3.59. The Morgan fingerprint density at radius 1 is 1.61 bits per heavy atom. The quantitative estimate of drug-likeness (QED) is 0.629. The van der Waals surface area contributed by atoms with E-state index < -0.39 is 37.0 Å². The van der Waals surface area contributed by atoms with E-state index in [1.807, 2.05) is 0 Å². The van der Waals surface area contributed by atoms with Crippen molar-refractivity contribution < 1.29 is 28.5 Å². The summed E-state index contributed by atoms with van der Waals surface area (Å²) in [5.74, 6) is -3.59. The Hall–Kier alpha value is -0.990. The zero-order valence-electron chi connectivity index (χ0n) is 9.84. The summed E-state index contributed by atoms with van der Waals surface area (Å²) in [5, 5.41) is 20.7. The molecule has 4 atom stereocenters. The number of halogens is 2. The Morgan fingerprint density at radius 2 is 2.28 bits per heavy atom. The summed E-state index contributed by atoms with van der Waals surface area (Å²) in [7, 11) is 0. The maximum atomic E-state index is 13.8. The fraction of sp³-hybridized carbons (Fsp3) is 0.900. The Bertz CT molecular complexity index is 342. The zero-order valence-corrected chi connectivity index (χ0v) is 9.84. The summed E-state index contributed by atoms with van der Waals surface area (Å²) < 4.78 is 32.5. The third-order valence-corrected chi connectivity index (χ3v) is 3.28. The predicted molar refractivity (Wildman–Crippen MR) is 56.0 cm³/mol. The first-order chi connectivity index (χ1) is 8.37. The molecule has 8 heteroatoms. The van der Waals surface area contributed by atoms with Gasteiger partial charge in [-0.3, -0.25) is 4.90 Å². The molecule has 6 nitrogen and oxygen atoms in total. The van der Waals surface area contributed by atoms with Crippen LogP contribution in [0.3, 0.4) is 0 Å². The van der Waals surface area contributed by atoms with Crippen LogP contribution < -0.4 is 5.32 Å². The van der Waals surface area contributed by atoms with Gasteiger partial charge in [-0.1, -0.05) is 0 Å². The third-order valence-electron chi connectivity index (χ3n) is 3.28. The summed E-state index contributed by atoms with van der Waals surface area (Å²) in [6.07, 6.45) is -4.81. The van der Waals surface area contributed by atoms with Crippen LogP contribution in [0.25, 0.3) is 0 Å². The van der Waals surface area contributed by atoms with Gasteiger partial charge >= 0.3 is 12.0 Å². The van der Waals surface area contributed by atoms with E-state index in [2.05, 4.69) is 5.32 Å². The van der Waals surface area contributed by atoms with Crippen LogP contribution in [0.1, 0.15) is 13.3 Å². The molecule has 18 heavy (non-hydrogen) atoms. The maximum Gasteiger partial charge on any atom is 0.319 e. The van der Waals surface area contributed by atoms with Gasteiger partial charge in [-0.15, -0.1) is 0 Å². The highest BCUT2D eigenvalue weighted by Crippen LogP contribution is 2.38. The predicted octanol–water partition coefficient (Wildman–Crippen LogP) is -0.496. The number of aliphatic hydroxyl groups is 2. The minimum Gasteiger partial charge on any atom is -0.394 e. The van der Waals surface area contributed by atoms with Crippen LogP contribution in [0.4, 0.5) is 13.6 Å². The number of ether oxygens (including phenoxy) is 1. The third kappa shape index (κ3) is 2.04. The van der Waals surface area contributed by atoms with Gasteiger partial charge in [0.1, 0.15) is 6.10 Å². The van der Waals surface area contributed by atoms with Crippen molar-refractivity contribution in [2.24, 2.45) is 0 Å². The van der Waals surface area contributed by atoms with Gasteiger partial charge in [0.05, 0.1) is 6.61 Å². The highest BCUT2D eigenvalue weighted by molar-refractivity contribution is 5.75. The van der Waals surface area contributed by atoms with E-state index in [1.54, 1.807) is 6.92 Å². The summed E-state index contributed by atoms with van der Waals surface area (Å²) in [5.41, 5.74) is 0. The number of carbonyl (C=O) groups excluding carboxylic acids is 1. The molecule has 2 saturated heterocycles. The molecular formula is C10H16F2N2O4. The molecule has 104 valence electrons. The van der Waals surface area contributed by atoms with Gasteiger partial charge in [-0.2, -0.15) is 8.78 Å². The summed E-state index contributed by atoms with van der Waals surface area (Å²) in [6, 6.07) is -0.730. The van der Waals surface area contributed by atoms with E-state index in [1.165, 1.54) is 0 Å². The highest BCUT2D eigenvalue weighted by atomic mass is 19.3. The number of nitrogens with zero attached hydrogens (tertiary/aromatic N) is 1. The van der Waals surface area contributed by atoms with E-state index in [-0.39, 0.29) is 12.6 Å². The first-order valence-corrected chi connectivity index (χ1v) is 5.77. The lowest BCUT2D eigenvalue weighted by Gasteiger charge is -2.36. The second kappa shape index (κ2) is 4.60. The Kier molecular flexibility index (Phi) is 3.43. The fourth-order valence-corrected chi connectivity index (χ4v) is 2.17.